The predicted molar refractivity (Wildman–Crippen MR) is 57.5 cm³/mol. The summed E-state index contributed by atoms with van der Waals surface area (Å²) in [5.41, 5.74) is -0.0703. The first-order valence-electron chi connectivity index (χ1n) is 5.56. The molecule has 5 heteroatoms. The van der Waals surface area contributed by atoms with E-state index in [9.17, 15) is 0 Å². The number of hydrogen-bond acceptors (Lipinski definition) is 4. The van der Waals surface area contributed by atoms with Crippen LogP contribution in [0.15, 0.2) is 0 Å². The molecule has 0 bridgehead atoms. The Hall–Kier alpha value is -0.970. The fourth-order valence-electron chi connectivity index (χ4n) is 1.76. The first-order chi connectivity index (χ1) is 7.05. The number of nitrogens with one attached hydrogen (secondary N) is 1. The quantitative estimate of drug-likeness (QED) is 0.774. The average Bonchev–Trinajstić information content (AvgIpc) is 2.73. The zero-order valence-corrected chi connectivity index (χ0v) is 9.69. The molecule has 0 aliphatic carbocycles. The molecular weight excluding hydrogens is 190 g/mol. The van der Waals surface area contributed by atoms with Gasteiger partial charge in [-0.3, -0.25) is 0 Å². The topological polar surface area (TPSA) is 55.6 Å². The molecule has 0 spiro atoms. The third-order valence-electron chi connectivity index (χ3n) is 2.69. The fraction of sp³-hybridized carbons (Fsp3) is 0.900. The first kappa shape index (κ1) is 10.5. The molecule has 2 rings (SSSR count). The van der Waals surface area contributed by atoms with Crippen LogP contribution in [0.2, 0.25) is 0 Å². The van der Waals surface area contributed by atoms with Crippen LogP contribution in [-0.4, -0.2) is 33.3 Å². The average molecular weight is 209 g/mol. The predicted octanol–water partition coefficient (Wildman–Crippen LogP) is 0.580. The summed E-state index contributed by atoms with van der Waals surface area (Å²) in [6.07, 6.45) is 2.17. The van der Waals surface area contributed by atoms with Crippen LogP contribution in [0, 0.1) is 5.92 Å². The maximum atomic E-state index is 4.41. The SMILES string of the molecule is CC(C)(C)n1nnc(C[C@@H]2CCNC2)n1. The molecule has 2 heterocycles. The Morgan fingerprint density at radius 3 is 2.80 bits per heavy atom. The van der Waals surface area contributed by atoms with Gasteiger partial charge < -0.3 is 5.32 Å². The van der Waals surface area contributed by atoms with E-state index in [0.29, 0.717) is 5.92 Å². The van der Waals surface area contributed by atoms with E-state index in [0.717, 1.165) is 25.3 Å². The summed E-state index contributed by atoms with van der Waals surface area (Å²) in [5, 5.41) is 15.9. The number of tetrazole rings is 1. The minimum atomic E-state index is -0.0703. The highest BCUT2D eigenvalue weighted by molar-refractivity contribution is 4.86. The number of hydrogen-bond donors (Lipinski definition) is 1. The van der Waals surface area contributed by atoms with Gasteiger partial charge in [-0.2, -0.15) is 4.80 Å². The number of nitrogens with zero attached hydrogens (tertiary/aromatic N) is 4. The highest BCUT2D eigenvalue weighted by atomic mass is 15.6. The van der Waals surface area contributed by atoms with Gasteiger partial charge in [0.15, 0.2) is 5.82 Å². The van der Waals surface area contributed by atoms with E-state index in [2.05, 4.69) is 41.5 Å². The van der Waals surface area contributed by atoms with Gasteiger partial charge in [-0.25, -0.2) is 0 Å². The van der Waals surface area contributed by atoms with Crippen LogP contribution in [0.3, 0.4) is 0 Å². The molecule has 1 atom stereocenters. The highest BCUT2D eigenvalue weighted by Gasteiger charge is 2.20. The first-order valence-corrected chi connectivity index (χ1v) is 5.56. The molecule has 0 aromatic carbocycles. The monoisotopic (exact) mass is 209 g/mol. The van der Waals surface area contributed by atoms with E-state index in [1.807, 2.05) is 0 Å². The molecule has 84 valence electrons. The zero-order valence-electron chi connectivity index (χ0n) is 9.69. The molecule has 1 N–H and O–H groups in total. The van der Waals surface area contributed by atoms with Crippen molar-refractivity contribution >= 4 is 0 Å². The molecule has 1 fully saturated rings. The molecule has 1 saturated heterocycles. The van der Waals surface area contributed by atoms with Crippen molar-refractivity contribution in [2.24, 2.45) is 5.92 Å². The third-order valence-corrected chi connectivity index (χ3v) is 2.69. The van der Waals surface area contributed by atoms with Crippen molar-refractivity contribution in [3.8, 4) is 0 Å². The highest BCUT2D eigenvalue weighted by Crippen LogP contribution is 2.14. The third kappa shape index (κ3) is 2.53. The molecule has 0 unspecified atom stereocenters. The van der Waals surface area contributed by atoms with E-state index in [-0.39, 0.29) is 5.54 Å². The summed E-state index contributed by atoms with van der Waals surface area (Å²) < 4.78 is 0. The smallest absolute Gasteiger partial charge is 0.175 e. The van der Waals surface area contributed by atoms with Crippen molar-refractivity contribution in [3.63, 3.8) is 0 Å². The van der Waals surface area contributed by atoms with Gasteiger partial charge in [-0.1, -0.05) is 0 Å². The molecular formula is C10H19N5. The van der Waals surface area contributed by atoms with Gasteiger partial charge in [0.25, 0.3) is 0 Å². The maximum absolute atomic E-state index is 4.41. The van der Waals surface area contributed by atoms with Gasteiger partial charge in [-0.15, -0.1) is 10.2 Å². The van der Waals surface area contributed by atoms with Crippen molar-refractivity contribution in [1.29, 1.82) is 0 Å². The summed E-state index contributed by atoms with van der Waals surface area (Å²) in [7, 11) is 0. The Bertz CT molecular complexity index is 319. The van der Waals surface area contributed by atoms with Gasteiger partial charge in [0.2, 0.25) is 0 Å². The largest absolute Gasteiger partial charge is 0.316 e. The molecule has 0 saturated carbocycles. The van der Waals surface area contributed by atoms with Crippen molar-refractivity contribution in [3.05, 3.63) is 5.82 Å². The minimum Gasteiger partial charge on any atom is -0.316 e. The van der Waals surface area contributed by atoms with Gasteiger partial charge in [0, 0.05) is 6.42 Å². The molecule has 1 aromatic rings. The van der Waals surface area contributed by atoms with Gasteiger partial charge in [0.1, 0.15) is 0 Å². The van der Waals surface area contributed by atoms with Gasteiger partial charge in [0.05, 0.1) is 5.54 Å². The van der Waals surface area contributed by atoms with Gasteiger partial charge in [-0.05, 0) is 51.4 Å². The Balaban J connectivity index is 2.00. The minimum absolute atomic E-state index is 0.0703. The Morgan fingerprint density at radius 2 is 2.27 bits per heavy atom. The summed E-state index contributed by atoms with van der Waals surface area (Å²) >= 11 is 0. The van der Waals surface area contributed by atoms with Crippen LogP contribution in [0.1, 0.15) is 33.0 Å². The number of aromatic nitrogens is 4. The molecule has 15 heavy (non-hydrogen) atoms. The van der Waals surface area contributed by atoms with Crippen molar-refractivity contribution < 1.29 is 0 Å². The Morgan fingerprint density at radius 1 is 1.47 bits per heavy atom. The maximum Gasteiger partial charge on any atom is 0.175 e. The summed E-state index contributed by atoms with van der Waals surface area (Å²) in [6, 6.07) is 0. The second-order valence-electron chi connectivity index (χ2n) is 5.23. The molecule has 0 amide bonds. The van der Waals surface area contributed by atoms with Crippen LogP contribution in [-0.2, 0) is 12.0 Å². The molecule has 1 aromatic heterocycles. The summed E-state index contributed by atoms with van der Waals surface area (Å²) in [6.45, 7) is 8.45. The normalized spacial score (nSPS) is 22.2. The van der Waals surface area contributed by atoms with Crippen LogP contribution in [0.25, 0.3) is 0 Å². The van der Waals surface area contributed by atoms with Crippen LogP contribution in [0.5, 0.6) is 0 Å². The molecule has 0 radical (unpaired) electrons. The van der Waals surface area contributed by atoms with Crippen LogP contribution >= 0.6 is 0 Å². The standard InChI is InChI=1S/C10H19N5/c1-10(2,3)15-13-9(12-14-15)6-8-4-5-11-7-8/h8,11H,4-7H2,1-3H3/t8-/m0/s1. The zero-order chi connectivity index (χ0) is 10.9. The summed E-state index contributed by atoms with van der Waals surface area (Å²) in [5.74, 6) is 1.56. The van der Waals surface area contributed by atoms with Gasteiger partial charge >= 0.3 is 0 Å². The second kappa shape index (κ2) is 3.89. The number of rotatable bonds is 2. The fourth-order valence-corrected chi connectivity index (χ4v) is 1.76. The van der Waals surface area contributed by atoms with Crippen molar-refractivity contribution in [2.75, 3.05) is 13.1 Å². The van der Waals surface area contributed by atoms with Crippen LogP contribution in [0.4, 0.5) is 0 Å². The van der Waals surface area contributed by atoms with E-state index < -0.39 is 0 Å². The van der Waals surface area contributed by atoms with Crippen molar-refractivity contribution in [1.82, 2.24) is 25.5 Å². The van der Waals surface area contributed by atoms with E-state index in [1.54, 1.807) is 4.80 Å². The Kier molecular flexibility index (Phi) is 2.73. The lowest BCUT2D eigenvalue weighted by molar-refractivity contribution is 0.305. The lowest BCUT2D eigenvalue weighted by Gasteiger charge is -2.15. The summed E-state index contributed by atoms with van der Waals surface area (Å²) in [4.78, 5) is 1.70. The second-order valence-corrected chi connectivity index (χ2v) is 5.23. The lowest BCUT2D eigenvalue weighted by Crippen LogP contribution is -2.24. The van der Waals surface area contributed by atoms with Crippen LogP contribution < -0.4 is 5.32 Å². The van der Waals surface area contributed by atoms with E-state index in [1.165, 1.54) is 6.42 Å². The molecule has 1 aliphatic heterocycles. The van der Waals surface area contributed by atoms with E-state index in [4.69, 9.17) is 0 Å². The Labute approximate surface area is 90.2 Å². The lowest BCUT2D eigenvalue weighted by atomic mass is 10.1. The molecule has 5 nitrogen and oxygen atoms in total. The van der Waals surface area contributed by atoms with Crippen molar-refractivity contribution in [2.45, 2.75) is 39.2 Å². The van der Waals surface area contributed by atoms with E-state index >= 15 is 0 Å². The molecule has 1 aliphatic rings.